The number of anilines is 2. The first-order chi connectivity index (χ1) is 11.3. The minimum Gasteiger partial charge on any atom is -0.364 e. The Morgan fingerprint density at radius 3 is 2.30 bits per heavy atom. The molecule has 114 valence electrons. The standard InChI is InChI=1S/C16H14N6O/c23-16(13-4-2-8-18-11-13)20-15-6-5-14(21-22-15)19-10-12-3-1-7-17-9-12/h1-9,11H,10H2,(H,19,21)(H,20,22,23). The Bertz CT molecular complexity index is 762. The van der Waals surface area contributed by atoms with Gasteiger partial charge >= 0.3 is 0 Å². The van der Waals surface area contributed by atoms with Crippen LogP contribution in [0, 0.1) is 0 Å². The highest BCUT2D eigenvalue weighted by molar-refractivity contribution is 6.03. The number of amides is 1. The molecule has 1 amide bonds. The van der Waals surface area contributed by atoms with Gasteiger partial charge in [-0.1, -0.05) is 6.07 Å². The normalized spacial score (nSPS) is 10.1. The number of rotatable bonds is 5. The molecule has 0 unspecified atom stereocenters. The predicted molar refractivity (Wildman–Crippen MR) is 85.8 cm³/mol. The molecule has 0 aliphatic heterocycles. The maximum Gasteiger partial charge on any atom is 0.258 e. The van der Waals surface area contributed by atoms with E-state index in [0.717, 1.165) is 5.56 Å². The summed E-state index contributed by atoms with van der Waals surface area (Å²) < 4.78 is 0. The molecule has 0 saturated heterocycles. The van der Waals surface area contributed by atoms with Crippen LogP contribution in [-0.2, 0) is 6.54 Å². The van der Waals surface area contributed by atoms with Gasteiger partial charge in [0, 0.05) is 31.3 Å². The van der Waals surface area contributed by atoms with Gasteiger partial charge in [0.15, 0.2) is 5.82 Å². The zero-order valence-corrected chi connectivity index (χ0v) is 12.2. The average molecular weight is 306 g/mol. The highest BCUT2D eigenvalue weighted by Gasteiger charge is 2.07. The number of nitrogens with zero attached hydrogens (tertiary/aromatic N) is 4. The smallest absolute Gasteiger partial charge is 0.258 e. The first-order valence-electron chi connectivity index (χ1n) is 6.99. The van der Waals surface area contributed by atoms with Crippen LogP contribution in [0.1, 0.15) is 15.9 Å². The molecule has 7 heteroatoms. The minimum atomic E-state index is -0.275. The van der Waals surface area contributed by atoms with Crippen molar-refractivity contribution in [1.82, 2.24) is 20.2 Å². The van der Waals surface area contributed by atoms with Crippen LogP contribution in [0.25, 0.3) is 0 Å². The van der Waals surface area contributed by atoms with E-state index < -0.39 is 0 Å². The van der Waals surface area contributed by atoms with E-state index in [0.29, 0.717) is 23.7 Å². The molecule has 0 spiro atoms. The number of nitrogens with one attached hydrogen (secondary N) is 2. The highest BCUT2D eigenvalue weighted by atomic mass is 16.1. The molecule has 3 rings (SSSR count). The van der Waals surface area contributed by atoms with E-state index in [-0.39, 0.29) is 5.91 Å². The summed E-state index contributed by atoms with van der Waals surface area (Å²) in [5, 5.41) is 13.8. The van der Waals surface area contributed by atoms with Crippen molar-refractivity contribution in [2.24, 2.45) is 0 Å². The fourth-order valence-electron chi connectivity index (χ4n) is 1.87. The third-order valence-corrected chi connectivity index (χ3v) is 3.03. The Morgan fingerprint density at radius 2 is 1.65 bits per heavy atom. The van der Waals surface area contributed by atoms with Crippen molar-refractivity contribution in [1.29, 1.82) is 0 Å². The Morgan fingerprint density at radius 1 is 0.913 bits per heavy atom. The van der Waals surface area contributed by atoms with Crippen LogP contribution in [0.3, 0.4) is 0 Å². The zero-order chi connectivity index (χ0) is 15.9. The van der Waals surface area contributed by atoms with E-state index in [1.54, 1.807) is 42.9 Å². The summed E-state index contributed by atoms with van der Waals surface area (Å²) in [6, 6.07) is 10.7. The van der Waals surface area contributed by atoms with E-state index >= 15 is 0 Å². The first kappa shape index (κ1) is 14.6. The molecule has 2 N–H and O–H groups in total. The van der Waals surface area contributed by atoms with E-state index in [4.69, 9.17) is 0 Å². The molecule has 0 aliphatic carbocycles. The fourth-order valence-corrected chi connectivity index (χ4v) is 1.87. The van der Waals surface area contributed by atoms with Gasteiger partial charge in [0.1, 0.15) is 5.82 Å². The molecule has 3 heterocycles. The maximum atomic E-state index is 12.0. The molecule has 23 heavy (non-hydrogen) atoms. The molecule has 0 bridgehead atoms. The number of hydrogen-bond donors (Lipinski definition) is 2. The van der Waals surface area contributed by atoms with Gasteiger partial charge < -0.3 is 10.6 Å². The number of carbonyl (C=O) groups excluding carboxylic acids is 1. The van der Waals surface area contributed by atoms with Crippen molar-refractivity contribution in [3.8, 4) is 0 Å². The van der Waals surface area contributed by atoms with Gasteiger partial charge in [0.2, 0.25) is 0 Å². The molecule has 0 aliphatic rings. The fraction of sp³-hybridized carbons (Fsp3) is 0.0625. The first-order valence-corrected chi connectivity index (χ1v) is 6.99. The predicted octanol–water partition coefficient (Wildman–Crippen LogP) is 2.13. The van der Waals surface area contributed by atoms with E-state index in [1.165, 1.54) is 6.20 Å². The molecule has 0 aromatic carbocycles. The summed E-state index contributed by atoms with van der Waals surface area (Å²) in [5.41, 5.74) is 1.51. The molecule has 0 fully saturated rings. The average Bonchev–Trinajstić information content (AvgIpc) is 2.63. The topological polar surface area (TPSA) is 92.7 Å². The van der Waals surface area contributed by atoms with Gasteiger partial charge in [-0.3, -0.25) is 14.8 Å². The monoisotopic (exact) mass is 306 g/mol. The van der Waals surface area contributed by atoms with E-state index in [9.17, 15) is 4.79 Å². The van der Waals surface area contributed by atoms with E-state index in [2.05, 4.69) is 30.8 Å². The molecule has 3 aromatic heterocycles. The van der Waals surface area contributed by atoms with Crippen LogP contribution >= 0.6 is 0 Å². The molecule has 3 aromatic rings. The van der Waals surface area contributed by atoms with E-state index in [1.807, 2.05) is 12.1 Å². The largest absolute Gasteiger partial charge is 0.364 e. The van der Waals surface area contributed by atoms with Crippen LogP contribution < -0.4 is 10.6 Å². The van der Waals surface area contributed by atoms with Crippen molar-refractivity contribution in [2.75, 3.05) is 10.6 Å². The summed E-state index contributed by atoms with van der Waals surface area (Å²) in [7, 11) is 0. The lowest BCUT2D eigenvalue weighted by atomic mass is 10.3. The molecule has 0 atom stereocenters. The third-order valence-electron chi connectivity index (χ3n) is 3.03. The van der Waals surface area contributed by atoms with Crippen molar-refractivity contribution in [3.63, 3.8) is 0 Å². The number of pyridine rings is 2. The summed E-state index contributed by atoms with van der Waals surface area (Å²) in [4.78, 5) is 19.9. The molecule has 0 radical (unpaired) electrons. The lowest BCUT2D eigenvalue weighted by Gasteiger charge is -2.06. The molecule has 0 saturated carbocycles. The Hall–Kier alpha value is -3.35. The summed E-state index contributed by atoms with van der Waals surface area (Å²) in [6.45, 7) is 0.601. The van der Waals surface area contributed by atoms with Crippen molar-refractivity contribution in [2.45, 2.75) is 6.54 Å². The SMILES string of the molecule is O=C(Nc1ccc(NCc2cccnc2)nn1)c1cccnc1. The van der Waals surface area contributed by atoms with Gasteiger partial charge in [-0.05, 0) is 35.9 Å². The van der Waals surface area contributed by atoms with Gasteiger partial charge in [0.05, 0.1) is 5.56 Å². The van der Waals surface area contributed by atoms with Gasteiger partial charge in [-0.2, -0.15) is 0 Å². The Kier molecular flexibility index (Phi) is 4.49. The number of carbonyl (C=O) groups is 1. The van der Waals surface area contributed by atoms with Crippen LogP contribution in [0.15, 0.2) is 61.2 Å². The van der Waals surface area contributed by atoms with Crippen LogP contribution in [0.2, 0.25) is 0 Å². The number of aromatic nitrogens is 4. The minimum absolute atomic E-state index is 0.275. The lowest BCUT2D eigenvalue weighted by Crippen LogP contribution is -2.13. The second kappa shape index (κ2) is 7.08. The second-order valence-electron chi connectivity index (χ2n) is 4.71. The third kappa shape index (κ3) is 4.07. The Balaban J connectivity index is 1.58. The summed E-state index contributed by atoms with van der Waals surface area (Å²) in [6.07, 6.45) is 6.61. The zero-order valence-electron chi connectivity index (χ0n) is 12.2. The van der Waals surface area contributed by atoms with Crippen LogP contribution in [0.4, 0.5) is 11.6 Å². The summed E-state index contributed by atoms with van der Waals surface area (Å²) >= 11 is 0. The second-order valence-corrected chi connectivity index (χ2v) is 4.71. The summed E-state index contributed by atoms with van der Waals surface area (Å²) in [5.74, 6) is 0.725. The molecular formula is C16H14N6O. The maximum absolute atomic E-state index is 12.0. The number of hydrogen-bond acceptors (Lipinski definition) is 6. The quantitative estimate of drug-likeness (QED) is 0.750. The van der Waals surface area contributed by atoms with Gasteiger partial charge in [-0.25, -0.2) is 0 Å². The molecule has 7 nitrogen and oxygen atoms in total. The lowest BCUT2D eigenvalue weighted by molar-refractivity contribution is 0.102. The molecular weight excluding hydrogens is 292 g/mol. The van der Waals surface area contributed by atoms with Crippen molar-refractivity contribution < 1.29 is 4.79 Å². The van der Waals surface area contributed by atoms with Gasteiger partial charge in [-0.15, -0.1) is 10.2 Å². The van der Waals surface area contributed by atoms with Crippen molar-refractivity contribution in [3.05, 3.63) is 72.3 Å². The van der Waals surface area contributed by atoms with Crippen LogP contribution in [-0.4, -0.2) is 26.1 Å². The van der Waals surface area contributed by atoms with Crippen molar-refractivity contribution >= 4 is 17.5 Å². The Labute approximate surface area is 132 Å². The van der Waals surface area contributed by atoms with Crippen LogP contribution in [0.5, 0.6) is 0 Å². The highest BCUT2D eigenvalue weighted by Crippen LogP contribution is 2.09. The van der Waals surface area contributed by atoms with Gasteiger partial charge in [0.25, 0.3) is 5.91 Å².